The number of halogens is 1. The van der Waals surface area contributed by atoms with E-state index in [9.17, 15) is 4.79 Å². The third-order valence-electron chi connectivity index (χ3n) is 4.62. The lowest BCUT2D eigenvalue weighted by molar-refractivity contribution is 0.0917. The molecule has 1 aliphatic rings. The molecule has 1 unspecified atom stereocenters. The maximum atomic E-state index is 13.3. The fraction of sp³-hybridized carbons (Fsp3) is 0.333. The number of amides is 1. The molecule has 0 aliphatic carbocycles. The van der Waals surface area contributed by atoms with Crippen LogP contribution in [0.3, 0.4) is 0 Å². The van der Waals surface area contributed by atoms with E-state index in [1.165, 1.54) is 11.3 Å². The van der Waals surface area contributed by atoms with E-state index in [1.54, 1.807) is 29.2 Å². The molecule has 7 heteroatoms. The number of anilines is 1. The molecular formula is C21H21ClN2O3S. The van der Waals surface area contributed by atoms with Gasteiger partial charge in [-0.2, -0.15) is 0 Å². The maximum absolute atomic E-state index is 13.3. The lowest BCUT2D eigenvalue weighted by atomic mass is 10.2. The molecule has 3 aromatic rings. The standard InChI is InChI=1S/C21H21ClN2O3S/c1-2-26-16-8-9-18-19(12-16)28-21(23-18)24(13-17-7-4-10-27-17)20(25)14-5-3-6-15(22)11-14/h3,5-6,8-9,11-12,17H,2,4,7,10,13H2,1H3. The Kier molecular flexibility index (Phi) is 5.80. The van der Waals surface area contributed by atoms with Gasteiger partial charge in [0.05, 0.1) is 29.5 Å². The first-order valence-corrected chi connectivity index (χ1v) is 10.6. The topological polar surface area (TPSA) is 51.7 Å². The maximum Gasteiger partial charge on any atom is 0.260 e. The Labute approximate surface area is 172 Å². The number of ether oxygens (including phenoxy) is 2. The molecule has 1 atom stereocenters. The van der Waals surface area contributed by atoms with E-state index in [1.807, 2.05) is 25.1 Å². The average molecular weight is 417 g/mol. The van der Waals surface area contributed by atoms with Gasteiger partial charge in [-0.05, 0) is 56.2 Å². The highest BCUT2D eigenvalue weighted by Crippen LogP contribution is 2.33. The second kappa shape index (κ2) is 8.47. The molecule has 0 bridgehead atoms. The molecule has 0 saturated carbocycles. The average Bonchev–Trinajstić information content (AvgIpc) is 3.35. The van der Waals surface area contributed by atoms with Gasteiger partial charge in [-0.15, -0.1) is 0 Å². The van der Waals surface area contributed by atoms with Crippen LogP contribution in [0, 0.1) is 0 Å². The van der Waals surface area contributed by atoms with Crippen LogP contribution >= 0.6 is 22.9 Å². The van der Waals surface area contributed by atoms with Crippen LogP contribution in [-0.2, 0) is 4.74 Å². The predicted molar refractivity (Wildman–Crippen MR) is 113 cm³/mol. The number of fused-ring (bicyclic) bond motifs is 1. The van der Waals surface area contributed by atoms with E-state index in [0.29, 0.717) is 28.9 Å². The van der Waals surface area contributed by atoms with Crippen molar-refractivity contribution in [2.45, 2.75) is 25.9 Å². The fourth-order valence-corrected chi connectivity index (χ4v) is 4.47. The first-order valence-electron chi connectivity index (χ1n) is 9.36. The molecule has 5 nitrogen and oxygen atoms in total. The van der Waals surface area contributed by atoms with Gasteiger partial charge < -0.3 is 9.47 Å². The number of aromatic nitrogens is 1. The molecule has 1 aliphatic heterocycles. The van der Waals surface area contributed by atoms with Crippen molar-refractivity contribution in [3.8, 4) is 5.75 Å². The summed E-state index contributed by atoms with van der Waals surface area (Å²) in [7, 11) is 0. The van der Waals surface area contributed by atoms with Crippen LogP contribution in [0.2, 0.25) is 5.02 Å². The third-order valence-corrected chi connectivity index (χ3v) is 5.89. The molecule has 1 fully saturated rings. The number of thiazole rings is 1. The first kappa shape index (κ1) is 19.2. The zero-order valence-corrected chi connectivity index (χ0v) is 17.1. The summed E-state index contributed by atoms with van der Waals surface area (Å²) in [4.78, 5) is 19.7. The van der Waals surface area contributed by atoms with Crippen molar-refractivity contribution in [1.29, 1.82) is 0 Å². The smallest absolute Gasteiger partial charge is 0.260 e. The summed E-state index contributed by atoms with van der Waals surface area (Å²) < 4.78 is 12.3. The molecule has 0 N–H and O–H groups in total. The molecule has 0 radical (unpaired) electrons. The summed E-state index contributed by atoms with van der Waals surface area (Å²) in [5.41, 5.74) is 1.39. The van der Waals surface area contributed by atoms with Gasteiger partial charge in [0.2, 0.25) is 0 Å². The minimum Gasteiger partial charge on any atom is -0.494 e. The van der Waals surface area contributed by atoms with Crippen molar-refractivity contribution < 1.29 is 14.3 Å². The van der Waals surface area contributed by atoms with Crippen LogP contribution in [0.25, 0.3) is 10.2 Å². The molecule has 0 spiro atoms. The molecule has 2 heterocycles. The second-order valence-electron chi connectivity index (χ2n) is 6.62. The van der Waals surface area contributed by atoms with Gasteiger partial charge in [-0.25, -0.2) is 4.98 Å². The van der Waals surface area contributed by atoms with Gasteiger partial charge in [0.25, 0.3) is 5.91 Å². The number of carbonyl (C=O) groups excluding carboxylic acids is 1. The number of hydrogen-bond donors (Lipinski definition) is 0. The van der Waals surface area contributed by atoms with Gasteiger partial charge in [-0.1, -0.05) is 29.0 Å². The third kappa shape index (κ3) is 4.14. The van der Waals surface area contributed by atoms with E-state index in [-0.39, 0.29) is 12.0 Å². The molecule has 1 saturated heterocycles. The molecule has 2 aromatic carbocycles. The van der Waals surface area contributed by atoms with Crippen LogP contribution in [0.5, 0.6) is 5.75 Å². The van der Waals surface area contributed by atoms with Gasteiger partial charge in [-0.3, -0.25) is 9.69 Å². The summed E-state index contributed by atoms with van der Waals surface area (Å²) >= 11 is 7.58. The summed E-state index contributed by atoms with van der Waals surface area (Å²) in [5, 5.41) is 1.19. The number of benzene rings is 2. The van der Waals surface area contributed by atoms with Gasteiger partial charge in [0.15, 0.2) is 5.13 Å². The number of nitrogens with zero attached hydrogens (tertiary/aromatic N) is 2. The Morgan fingerprint density at radius 2 is 2.25 bits per heavy atom. The Bertz CT molecular complexity index is 985. The molecule has 28 heavy (non-hydrogen) atoms. The quantitative estimate of drug-likeness (QED) is 0.556. The Morgan fingerprint density at radius 1 is 1.36 bits per heavy atom. The lowest BCUT2D eigenvalue weighted by Crippen LogP contribution is -2.37. The van der Waals surface area contributed by atoms with Crippen LogP contribution in [-0.4, -0.2) is 36.8 Å². The highest BCUT2D eigenvalue weighted by atomic mass is 35.5. The second-order valence-corrected chi connectivity index (χ2v) is 8.07. The van der Waals surface area contributed by atoms with Gasteiger partial charge >= 0.3 is 0 Å². The predicted octanol–water partition coefficient (Wildman–Crippen LogP) is 5.17. The SMILES string of the molecule is CCOc1ccc2nc(N(CC3CCCO3)C(=O)c3cccc(Cl)c3)sc2c1. The highest BCUT2D eigenvalue weighted by Gasteiger charge is 2.27. The van der Waals surface area contributed by atoms with E-state index in [4.69, 9.17) is 26.1 Å². The zero-order valence-electron chi connectivity index (χ0n) is 15.6. The van der Waals surface area contributed by atoms with Crippen molar-refractivity contribution in [1.82, 2.24) is 4.98 Å². The summed E-state index contributed by atoms with van der Waals surface area (Å²) in [5.74, 6) is 0.680. The number of carbonyl (C=O) groups is 1. The van der Waals surface area contributed by atoms with Crippen LogP contribution < -0.4 is 9.64 Å². The van der Waals surface area contributed by atoms with Crippen molar-refractivity contribution >= 4 is 44.2 Å². The molecule has 4 rings (SSSR count). The van der Waals surface area contributed by atoms with E-state index in [0.717, 1.165) is 35.4 Å². The Morgan fingerprint density at radius 3 is 3.00 bits per heavy atom. The van der Waals surface area contributed by atoms with E-state index < -0.39 is 0 Å². The molecule has 1 amide bonds. The molecule has 1 aromatic heterocycles. The minimum absolute atomic E-state index is 0.0223. The monoisotopic (exact) mass is 416 g/mol. The van der Waals surface area contributed by atoms with Gasteiger partial charge in [0, 0.05) is 17.2 Å². The van der Waals surface area contributed by atoms with Crippen molar-refractivity contribution in [3.63, 3.8) is 0 Å². The largest absolute Gasteiger partial charge is 0.494 e. The minimum atomic E-state index is -0.123. The Hall–Kier alpha value is -2.15. The van der Waals surface area contributed by atoms with Crippen molar-refractivity contribution in [2.24, 2.45) is 0 Å². The van der Waals surface area contributed by atoms with Crippen LogP contribution in [0.15, 0.2) is 42.5 Å². The summed E-state index contributed by atoms with van der Waals surface area (Å²) in [6.45, 7) is 3.77. The van der Waals surface area contributed by atoms with Crippen LogP contribution in [0.4, 0.5) is 5.13 Å². The molecular weight excluding hydrogens is 396 g/mol. The zero-order chi connectivity index (χ0) is 19.5. The summed E-state index contributed by atoms with van der Waals surface area (Å²) in [6.07, 6.45) is 1.98. The lowest BCUT2D eigenvalue weighted by Gasteiger charge is -2.23. The number of hydrogen-bond acceptors (Lipinski definition) is 5. The van der Waals surface area contributed by atoms with Gasteiger partial charge in [0.1, 0.15) is 5.75 Å². The first-order chi connectivity index (χ1) is 13.6. The van der Waals surface area contributed by atoms with Crippen molar-refractivity contribution in [3.05, 3.63) is 53.1 Å². The fourth-order valence-electron chi connectivity index (χ4n) is 3.28. The molecule has 146 valence electrons. The van der Waals surface area contributed by atoms with E-state index in [2.05, 4.69) is 0 Å². The summed E-state index contributed by atoms with van der Waals surface area (Å²) in [6, 6.07) is 12.8. The van der Waals surface area contributed by atoms with Crippen LogP contribution in [0.1, 0.15) is 30.1 Å². The normalized spacial score (nSPS) is 16.4. The van der Waals surface area contributed by atoms with E-state index >= 15 is 0 Å². The highest BCUT2D eigenvalue weighted by molar-refractivity contribution is 7.22. The van der Waals surface area contributed by atoms with Crippen molar-refractivity contribution in [2.75, 3.05) is 24.7 Å². The number of rotatable bonds is 6. The Balaban J connectivity index is 1.69.